The van der Waals surface area contributed by atoms with E-state index in [1.807, 2.05) is 0 Å². The van der Waals surface area contributed by atoms with E-state index in [2.05, 4.69) is 14.7 Å². The lowest BCUT2D eigenvalue weighted by molar-refractivity contribution is -0.141. The van der Waals surface area contributed by atoms with Crippen molar-refractivity contribution in [3.63, 3.8) is 0 Å². The summed E-state index contributed by atoms with van der Waals surface area (Å²) in [4.78, 5) is 9.10. The second-order valence-corrected chi connectivity index (χ2v) is 7.86. The Morgan fingerprint density at radius 1 is 1.17 bits per heavy atom. The molecular formula is C13H17F3N4O2S. The lowest BCUT2D eigenvalue weighted by Crippen LogP contribution is -2.46. The molecule has 1 N–H and O–H groups in total. The summed E-state index contributed by atoms with van der Waals surface area (Å²) in [5, 5.41) is -0.271. The van der Waals surface area contributed by atoms with Gasteiger partial charge in [0.1, 0.15) is 5.69 Å². The molecule has 0 amide bonds. The quantitative estimate of drug-likeness (QED) is 0.892. The molecule has 1 saturated carbocycles. The van der Waals surface area contributed by atoms with Crippen molar-refractivity contribution in [2.45, 2.75) is 43.2 Å². The third-order valence-electron chi connectivity index (χ3n) is 4.01. The molecule has 1 aromatic heterocycles. The second kappa shape index (κ2) is 5.90. The third-order valence-corrected chi connectivity index (χ3v) is 6.02. The summed E-state index contributed by atoms with van der Waals surface area (Å²) in [6.45, 7) is 0.832. The van der Waals surface area contributed by atoms with Crippen LogP contribution in [0.4, 0.5) is 19.1 Å². The van der Waals surface area contributed by atoms with Crippen molar-refractivity contribution in [3.8, 4) is 0 Å². The molecule has 128 valence electrons. The van der Waals surface area contributed by atoms with E-state index in [-0.39, 0.29) is 17.2 Å². The Labute approximate surface area is 132 Å². The number of hydrogen-bond acceptors (Lipinski definition) is 5. The predicted octanol–water partition coefficient (Wildman–Crippen LogP) is 1.55. The Kier molecular flexibility index (Phi) is 4.21. The first-order chi connectivity index (χ1) is 10.8. The van der Waals surface area contributed by atoms with Crippen LogP contribution in [0.5, 0.6) is 0 Å². The topological polar surface area (TPSA) is 75.2 Å². The Morgan fingerprint density at radius 2 is 1.83 bits per heavy atom. The molecule has 2 heterocycles. The van der Waals surface area contributed by atoms with Crippen molar-refractivity contribution in [1.29, 1.82) is 0 Å². The molecule has 2 fully saturated rings. The van der Waals surface area contributed by atoms with Crippen molar-refractivity contribution in [3.05, 3.63) is 18.0 Å². The zero-order chi connectivity index (χ0) is 16.7. The van der Waals surface area contributed by atoms with Gasteiger partial charge in [-0.05, 0) is 31.7 Å². The average molecular weight is 350 g/mol. The summed E-state index contributed by atoms with van der Waals surface area (Å²) in [7, 11) is -3.24. The van der Waals surface area contributed by atoms with Crippen LogP contribution in [0.25, 0.3) is 0 Å². The van der Waals surface area contributed by atoms with E-state index in [1.54, 1.807) is 4.90 Å². The fourth-order valence-electron chi connectivity index (χ4n) is 2.56. The van der Waals surface area contributed by atoms with Crippen LogP contribution in [0.15, 0.2) is 12.3 Å². The van der Waals surface area contributed by atoms with Gasteiger partial charge >= 0.3 is 6.18 Å². The van der Waals surface area contributed by atoms with Crippen molar-refractivity contribution in [1.82, 2.24) is 14.7 Å². The minimum Gasteiger partial charge on any atom is -0.341 e. The number of aromatic nitrogens is 2. The van der Waals surface area contributed by atoms with Crippen LogP contribution in [0.2, 0.25) is 0 Å². The fraction of sp³-hybridized carbons (Fsp3) is 0.692. The fourth-order valence-corrected chi connectivity index (χ4v) is 4.21. The highest BCUT2D eigenvalue weighted by atomic mass is 32.2. The monoisotopic (exact) mass is 350 g/mol. The van der Waals surface area contributed by atoms with Gasteiger partial charge in [0, 0.05) is 25.3 Å². The van der Waals surface area contributed by atoms with E-state index in [4.69, 9.17) is 0 Å². The molecule has 2 aliphatic rings. The summed E-state index contributed by atoms with van der Waals surface area (Å²) < 4.78 is 64.5. The molecule has 0 spiro atoms. The van der Waals surface area contributed by atoms with Gasteiger partial charge in [-0.2, -0.15) is 13.2 Å². The molecule has 1 saturated heterocycles. The maximum absolute atomic E-state index is 12.7. The minimum atomic E-state index is -4.50. The first-order valence-electron chi connectivity index (χ1n) is 7.42. The molecular weight excluding hydrogens is 333 g/mol. The molecule has 0 radical (unpaired) electrons. The van der Waals surface area contributed by atoms with Crippen LogP contribution in [0.3, 0.4) is 0 Å². The molecule has 3 rings (SSSR count). The predicted molar refractivity (Wildman–Crippen MR) is 77.3 cm³/mol. The molecule has 1 aliphatic heterocycles. The van der Waals surface area contributed by atoms with Crippen molar-refractivity contribution in [2.75, 3.05) is 18.0 Å². The number of hydrogen-bond donors (Lipinski definition) is 1. The first-order valence-corrected chi connectivity index (χ1v) is 8.97. The average Bonchev–Trinajstić information content (AvgIpc) is 3.32. The van der Waals surface area contributed by atoms with Gasteiger partial charge in [0.05, 0.1) is 5.25 Å². The smallest absolute Gasteiger partial charge is 0.341 e. The number of rotatable bonds is 4. The Hall–Kier alpha value is -1.42. The van der Waals surface area contributed by atoms with Crippen LogP contribution >= 0.6 is 0 Å². The molecule has 6 nitrogen and oxygen atoms in total. The Balaban J connectivity index is 1.61. The highest BCUT2D eigenvalue weighted by molar-refractivity contribution is 7.90. The molecule has 0 unspecified atom stereocenters. The van der Waals surface area contributed by atoms with E-state index in [0.29, 0.717) is 38.8 Å². The number of nitrogens with one attached hydrogen (secondary N) is 1. The van der Waals surface area contributed by atoms with Crippen molar-refractivity contribution in [2.24, 2.45) is 0 Å². The Bertz CT molecular complexity index is 668. The molecule has 10 heteroatoms. The van der Waals surface area contributed by atoms with Crippen LogP contribution in [0, 0.1) is 0 Å². The van der Waals surface area contributed by atoms with E-state index < -0.39 is 21.9 Å². The maximum atomic E-state index is 12.7. The van der Waals surface area contributed by atoms with E-state index in [9.17, 15) is 21.6 Å². The maximum Gasteiger partial charge on any atom is 0.433 e. The largest absolute Gasteiger partial charge is 0.433 e. The van der Waals surface area contributed by atoms with Gasteiger partial charge < -0.3 is 4.90 Å². The zero-order valence-electron chi connectivity index (χ0n) is 12.3. The van der Waals surface area contributed by atoms with E-state index >= 15 is 0 Å². The SMILES string of the molecule is O=S(=O)(NC1CCN(c2nccc(C(F)(F)F)n2)CC1)C1CC1. The highest BCUT2D eigenvalue weighted by Gasteiger charge is 2.38. The summed E-state index contributed by atoms with van der Waals surface area (Å²) >= 11 is 0. The van der Waals surface area contributed by atoms with E-state index in [0.717, 1.165) is 12.3 Å². The van der Waals surface area contributed by atoms with Crippen molar-refractivity contribution < 1.29 is 21.6 Å². The first kappa shape index (κ1) is 16.4. The summed E-state index contributed by atoms with van der Waals surface area (Å²) in [6, 6.07) is 0.655. The van der Waals surface area contributed by atoms with Crippen LogP contribution in [-0.2, 0) is 16.2 Å². The molecule has 23 heavy (non-hydrogen) atoms. The lowest BCUT2D eigenvalue weighted by atomic mass is 10.1. The van der Waals surface area contributed by atoms with Gasteiger partial charge in [0.2, 0.25) is 16.0 Å². The zero-order valence-corrected chi connectivity index (χ0v) is 13.1. The summed E-state index contributed by atoms with van der Waals surface area (Å²) in [6.07, 6.45) is -0.974. The van der Waals surface area contributed by atoms with Crippen molar-refractivity contribution >= 4 is 16.0 Å². The second-order valence-electron chi connectivity index (χ2n) is 5.86. The van der Waals surface area contributed by atoms with Gasteiger partial charge in [0.15, 0.2) is 0 Å². The third kappa shape index (κ3) is 3.92. The lowest BCUT2D eigenvalue weighted by Gasteiger charge is -2.32. The number of nitrogens with zero attached hydrogens (tertiary/aromatic N) is 3. The van der Waals surface area contributed by atoms with Gasteiger partial charge in [0.25, 0.3) is 0 Å². The minimum absolute atomic E-state index is 0.0309. The van der Waals surface area contributed by atoms with Gasteiger partial charge in [-0.15, -0.1) is 0 Å². The van der Waals surface area contributed by atoms with Gasteiger partial charge in [-0.1, -0.05) is 0 Å². The number of alkyl halides is 3. The van der Waals surface area contributed by atoms with Gasteiger partial charge in [-0.25, -0.2) is 23.1 Å². The number of sulfonamides is 1. The normalized spacial score (nSPS) is 20.7. The highest BCUT2D eigenvalue weighted by Crippen LogP contribution is 2.30. The summed E-state index contributed by atoms with van der Waals surface area (Å²) in [5.74, 6) is 0.0309. The van der Waals surface area contributed by atoms with E-state index in [1.165, 1.54) is 0 Å². The summed E-state index contributed by atoms with van der Waals surface area (Å²) in [5.41, 5.74) is -0.973. The molecule has 1 aromatic rings. The molecule has 0 bridgehead atoms. The number of anilines is 1. The number of halogens is 3. The van der Waals surface area contributed by atoms with Crippen LogP contribution in [0.1, 0.15) is 31.4 Å². The molecule has 0 atom stereocenters. The number of piperidine rings is 1. The molecule has 1 aliphatic carbocycles. The standard InChI is InChI=1S/C13H17F3N4O2S/c14-13(15,16)11-3-6-17-12(18-11)20-7-4-9(5-8-20)19-23(21,22)10-1-2-10/h3,6,9-10,19H,1-2,4-5,7-8H2. The van der Waals surface area contributed by atoms with Crippen LogP contribution in [-0.4, -0.2) is 42.8 Å². The van der Waals surface area contributed by atoms with Gasteiger partial charge in [-0.3, -0.25) is 0 Å². The van der Waals surface area contributed by atoms with Crippen LogP contribution < -0.4 is 9.62 Å². The molecule has 0 aromatic carbocycles. The Morgan fingerprint density at radius 3 is 2.39 bits per heavy atom.